The normalized spacial score (nSPS) is 11.5. The van der Waals surface area contributed by atoms with Crippen molar-refractivity contribution < 1.29 is 27.9 Å². The van der Waals surface area contributed by atoms with E-state index < -0.39 is 30.3 Å². The van der Waals surface area contributed by atoms with Gasteiger partial charge >= 0.3 is 18.2 Å². The molecule has 0 aliphatic rings. The molecule has 0 bridgehead atoms. The van der Waals surface area contributed by atoms with Gasteiger partial charge in [0, 0.05) is 29.0 Å². The molecular weight excluding hydrogens is 640 g/mol. The zero-order valence-corrected chi connectivity index (χ0v) is 25.4. The molecule has 0 radical (unpaired) electrons. The van der Waals surface area contributed by atoms with E-state index >= 15 is 0 Å². The minimum atomic E-state index is -4.60. The van der Waals surface area contributed by atoms with Gasteiger partial charge in [0.05, 0.1) is 16.3 Å². The van der Waals surface area contributed by atoms with Crippen LogP contribution in [0, 0.1) is 0 Å². The molecule has 0 saturated heterocycles. The average Bonchev–Trinajstić information content (AvgIpc) is 3.41. The van der Waals surface area contributed by atoms with Crippen LogP contribution in [-0.2, 0) is 17.5 Å². The standard InChI is InChI=1S/C34H25Cl2F3N4O3/c35-25-11-14-27(29(36)17-25)30-20-43(19-21-6-12-26(13-7-21)41-33(46)40-18-32(44)45)31(42-30)15-10-23-8-9-24(16-28(23)34(37,38)39)22-4-2-1-3-5-22/h1-17,20H,18-19H2,(H,44,45)(H2,40,41,46). The van der Waals surface area contributed by atoms with Crippen molar-refractivity contribution in [3.8, 4) is 22.4 Å². The molecule has 3 N–H and O–H groups in total. The third kappa shape index (κ3) is 8.15. The minimum Gasteiger partial charge on any atom is -0.480 e. The third-order valence-corrected chi connectivity index (χ3v) is 7.40. The molecule has 1 aromatic heterocycles. The molecule has 0 unspecified atom stereocenters. The second-order valence-corrected chi connectivity index (χ2v) is 11.0. The highest BCUT2D eigenvalue weighted by Gasteiger charge is 2.33. The molecule has 5 aromatic rings. The molecule has 0 aliphatic carbocycles. The number of amides is 2. The number of nitrogens with one attached hydrogen (secondary N) is 2. The number of benzene rings is 4. The first kappa shape index (κ1) is 32.3. The van der Waals surface area contributed by atoms with E-state index in [1.165, 1.54) is 18.2 Å². The summed E-state index contributed by atoms with van der Waals surface area (Å²) in [6.45, 7) is -0.245. The van der Waals surface area contributed by atoms with Gasteiger partial charge in [0.1, 0.15) is 12.4 Å². The number of carboxylic acids is 1. The fourth-order valence-electron chi connectivity index (χ4n) is 4.66. The first-order valence-electron chi connectivity index (χ1n) is 13.8. The number of aliphatic carboxylic acids is 1. The Kier molecular flexibility index (Phi) is 9.79. The molecule has 2 amide bonds. The molecule has 12 heteroatoms. The van der Waals surface area contributed by atoms with Crippen LogP contribution in [0.15, 0.2) is 97.2 Å². The molecule has 0 saturated carbocycles. The van der Waals surface area contributed by atoms with E-state index in [2.05, 4.69) is 15.6 Å². The van der Waals surface area contributed by atoms with Crippen LogP contribution >= 0.6 is 23.2 Å². The summed E-state index contributed by atoms with van der Waals surface area (Å²) in [5, 5.41) is 14.3. The summed E-state index contributed by atoms with van der Waals surface area (Å²) >= 11 is 12.5. The lowest BCUT2D eigenvalue weighted by Crippen LogP contribution is -2.33. The van der Waals surface area contributed by atoms with Crippen LogP contribution in [-0.4, -0.2) is 33.2 Å². The van der Waals surface area contributed by atoms with Gasteiger partial charge in [0.15, 0.2) is 0 Å². The Balaban J connectivity index is 1.47. The molecule has 234 valence electrons. The minimum absolute atomic E-state index is 0.0237. The number of imidazole rings is 1. The highest BCUT2D eigenvalue weighted by molar-refractivity contribution is 6.36. The van der Waals surface area contributed by atoms with E-state index in [0.717, 1.165) is 11.6 Å². The number of nitrogens with zero attached hydrogens (tertiary/aromatic N) is 2. The Bertz CT molecular complexity index is 1910. The number of hydrogen-bond donors (Lipinski definition) is 3. The number of carboxylic acid groups (broad SMARTS) is 1. The summed E-state index contributed by atoms with van der Waals surface area (Å²) in [5.74, 6) is -0.801. The lowest BCUT2D eigenvalue weighted by atomic mass is 9.98. The number of anilines is 1. The van der Waals surface area contributed by atoms with Gasteiger partial charge in [-0.1, -0.05) is 83.9 Å². The molecule has 7 nitrogen and oxygen atoms in total. The quantitative estimate of drug-likeness (QED) is 0.147. The van der Waals surface area contributed by atoms with Crippen LogP contribution in [0.1, 0.15) is 22.5 Å². The number of urea groups is 1. The predicted molar refractivity (Wildman–Crippen MR) is 174 cm³/mol. The predicted octanol–water partition coefficient (Wildman–Crippen LogP) is 8.97. The van der Waals surface area contributed by atoms with E-state index in [0.29, 0.717) is 43.9 Å². The Labute approximate surface area is 271 Å². The number of hydrogen-bond acceptors (Lipinski definition) is 3. The smallest absolute Gasteiger partial charge is 0.417 e. The Morgan fingerprint density at radius 1 is 0.891 bits per heavy atom. The Morgan fingerprint density at radius 2 is 1.63 bits per heavy atom. The number of aromatic nitrogens is 2. The van der Waals surface area contributed by atoms with Crippen LogP contribution in [0.2, 0.25) is 10.0 Å². The SMILES string of the molecule is O=C(O)CNC(=O)Nc1ccc(Cn2cc(-c3ccc(Cl)cc3Cl)nc2C=Cc2ccc(-c3ccccc3)cc2C(F)(F)F)cc1. The lowest BCUT2D eigenvalue weighted by Gasteiger charge is -2.13. The zero-order valence-electron chi connectivity index (χ0n) is 23.9. The first-order chi connectivity index (χ1) is 22.0. The van der Waals surface area contributed by atoms with Crippen molar-refractivity contribution in [2.24, 2.45) is 0 Å². The largest absolute Gasteiger partial charge is 0.480 e. The van der Waals surface area contributed by atoms with Gasteiger partial charge in [-0.3, -0.25) is 4.79 Å². The number of carbonyl (C=O) groups excluding carboxylic acids is 1. The molecule has 5 rings (SSSR count). The van der Waals surface area contributed by atoms with E-state index in [1.807, 2.05) is 0 Å². The van der Waals surface area contributed by atoms with Crippen molar-refractivity contribution in [1.29, 1.82) is 0 Å². The molecular formula is C34H25Cl2F3N4O3. The van der Waals surface area contributed by atoms with Gasteiger partial charge in [-0.05, 0) is 64.7 Å². The van der Waals surface area contributed by atoms with Gasteiger partial charge in [0.25, 0.3) is 0 Å². The fourth-order valence-corrected chi connectivity index (χ4v) is 5.17. The summed E-state index contributed by atoms with van der Waals surface area (Å²) in [5.41, 5.74) is 2.63. The van der Waals surface area contributed by atoms with E-state index in [4.69, 9.17) is 28.3 Å². The Morgan fingerprint density at radius 3 is 2.30 bits per heavy atom. The second-order valence-electron chi connectivity index (χ2n) is 10.1. The monoisotopic (exact) mass is 664 g/mol. The van der Waals surface area contributed by atoms with Crippen LogP contribution in [0.3, 0.4) is 0 Å². The molecule has 0 atom stereocenters. The van der Waals surface area contributed by atoms with Crippen LogP contribution in [0.4, 0.5) is 23.7 Å². The maximum absolute atomic E-state index is 14.2. The van der Waals surface area contributed by atoms with Crippen molar-refractivity contribution >= 4 is 53.0 Å². The summed E-state index contributed by atoms with van der Waals surface area (Å²) in [7, 11) is 0. The maximum atomic E-state index is 14.2. The van der Waals surface area contributed by atoms with Gasteiger partial charge < -0.3 is 20.3 Å². The molecule has 46 heavy (non-hydrogen) atoms. The fraction of sp³-hybridized carbons (Fsp3) is 0.0882. The second kappa shape index (κ2) is 13.9. The highest BCUT2D eigenvalue weighted by atomic mass is 35.5. The molecule has 0 fully saturated rings. The Hall–Kier alpha value is -5.06. The maximum Gasteiger partial charge on any atom is 0.417 e. The summed E-state index contributed by atoms with van der Waals surface area (Å²) < 4.78 is 44.3. The molecule has 1 heterocycles. The number of alkyl halides is 3. The van der Waals surface area contributed by atoms with Gasteiger partial charge in [0.2, 0.25) is 0 Å². The molecule has 4 aromatic carbocycles. The number of carbonyl (C=O) groups is 2. The van der Waals surface area contributed by atoms with E-state index in [9.17, 15) is 22.8 Å². The summed E-state index contributed by atoms with van der Waals surface area (Å²) in [6.07, 6.45) is 0.0426. The highest BCUT2D eigenvalue weighted by Crippen LogP contribution is 2.36. The molecule has 0 aliphatic heterocycles. The van der Waals surface area contributed by atoms with Crippen LogP contribution < -0.4 is 10.6 Å². The summed E-state index contributed by atoms with van der Waals surface area (Å²) in [6, 6.07) is 24.1. The van der Waals surface area contributed by atoms with Crippen molar-refractivity contribution in [3.63, 3.8) is 0 Å². The van der Waals surface area contributed by atoms with Gasteiger partial charge in [-0.2, -0.15) is 13.2 Å². The topological polar surface area (TPSA) is 96.3 Å². The van der Waals surface area contributed by atoms with Crippen molar-refractivity contribution in [2.75, 3.05) is 11.9 Å². The van der Waals surface area contributed by atoms with Gasteiger partial charge in [-0.15, -0.1) is 0 Å². The van der Waals surface area contributed by atoms with Crippen LogP contribution in [0.5, 0.6) is 0 Å². The van der Waals surface area contributed by atoms with Gasteiger partial charge in [-0.25, -0.2) is 9.78 Å². The van der Waals surface area contributed by atoms with Crippen molar-refractivity contribution in [1.82, 2.24) is 14.9 Å². The third-order valence-electron chi connectivity index (χ3n) is 6.86. The van der Waals surface area contributed by atoms with E-state index in [-0.39, 0.29) is 12.1 Å². The summed E-state index contributed by atoms with van der Waals surface area (Å²) in [4.78, 5) is 27.2. The van der Waals surface area contributed by atoms with E-state index in [1.54, 1.807) is 89.6 Å². The number of halogens is 5. The first-order valence-corrected chi connectivity index (χ1v) is 14.5. The average molecular weight is 665 g/mol. The van der Waals surface area contributed by atoms with Crippen molar-refractivity contribution in [3.05, 3.63) is 130 Å². The lowest BCUT2D eigenvalue weighted by molar-refractivity contribution is -0.138. The zero-order chi connectivity index (χ0) is 32.8. The molecule has 0 spiro atoms. The van der Waals surface area contributed by atoms with Crippen LogP contribution in [0.25, 0.3) is 34.5 Å². The number of rotatable bonds is 9. The van der Waals surface area contributed by atoms with Crippen molar-refractivity contribution in [2.45, 2.75) is 12.7 Å².